The fraction of sp³-hybridized carbons (Fsp3) is 0.143. The lowest BCUT2D eigenvalue weighted by atomic mass is 10.2. The van der Waals surface area contributed by atoms with Gasteiger partial charge >= 0.3 is 0 Å². The van der Waals surface area contributed by atoms with Crippen molar-refractivity contribution in [2.75, 3.05) is 5.32 Å². The van der Waals surface area contributed by atoms with Gasteiger partial charge in [0.25, 0.3) is 5.91 Å². The molecule has 0 fully saturated rings. The highest BCUT2D eigenvalue weighted by Gasteiger charge is 2.16. The number of aromatic nitrogens is 1. The second-order valence-electron chi connectivity index (χ2n) is 6.36. The molecule has 27 heavy (non-hydrogen) atoms. The van der Waals surface area contributed by atoms with Crippen LogP contribution in [0.4, 0.5) is 5.69 Å². The van der Waals surface area contributed by atoms with E-state index in [1.54, 1.807) is 0 Å². The maximum Gasteiger partial charge on any atom is 0.271 e. The van der Waals surface area contributed by atoms with Gasteiger partial charge in [-0.25, -0.2) is 0 Å². The van der Waals surface area contributed by atoms with Crippen LogP contribution in [0.15, 0.2) is 60.7 Å². The average molecular weight is 379 g/mol. The van der Waals surface area contributed by atoms with Crippen LogP contribution in [-0.2, 0) is 0 Å². The van der Waals surface area contributed by atoms with Gasteiger partial charge in [-0.05, 0) is 63.3 Å². The second-order valence-corrected chi connectivity index (χ2v) is 6.76. The smallest absolute Gasteiger partial charge is 0.271 e. The van der Waals surface area contributed by atoms with Crippen molar-refractivity contribution in [1.82, 2.24) is 15.4 Å². The average Bonchev–Trinajstić information content (AvgIpc) is 2.96. The molecule has 1 amide bonds. The zero-order valence-corrected chi connectivity index (χ0v) is 16.4. The predicted octanol–water partition coefficient (Wildman–Crippen LogP) is 4.03. The summed E-state index contributed by atoms with van der Waals surface area (Å²) < 4.78 is 2.05. The second kappa shape index (κ2) is 8.05. The molecule has 2 aromatic carbocycles. The minimum absolute atomic E-state index is 0.238. The minimum atomic E-state index is -0.238. The van der Waals surface area contributed by atoms with E-state index >= 15 is 0 Å². The van der Waals surface area contributed by atoms with Gasteiger partial charge in [0.05, 0.1) is 5.56 Å². The number of hydrogen-bond donors (Lipinski definition) is 3. The zero-order chi connectivity index (χ0) is 19.4. The van der Waals surface area contributed by atoms with E-state index in [2.05, 4.69) is 20.7 Å². The number of para-hydroxylation sites is 1. The molecule has 0 aliphatic rings. The van der Waals surface area contributed by atoms with Crippen LogP contribution in [0.2, 0.25) is 0 Å². The van der Waals surface area contributed by atoms with Crippen LogP contribution in [0, 0.1) is 20.8 Å². The van der Waals surface area contributed by atoms with Crippen molar-refractivity contribution >= 4 is 28.9 Å². The van der Waals surface area contributed by atoms with E-state index in [0.717, 1.165) is 22.8 Å². The molecule has 0 saturated carbocycles. The van der Waals surface area contributed by atoms with Crippen LogP contribution >= 0.6 is 12.2 Å². The number of hydrazine groups is 1. The fourth-order valence-corrected chi connectivity index (χ4v) is 3.12. The van der Waals surface area contributed by atoms with Gasteiger partial charge in [-0.1, -0.05) is 35.9 Å². The molecule has 3 aromatic rings. The number of aryl methyl sites for hydroxylation is 2. The van der Waals surface area contributed by atoms with Crippen molar-refractivity contribution in [1.29, 1.82) is 0 Å². The number of nitrogens with one attached hydrogen (secondary N) is 3. The van der Waals surface area contributed by atoms with Crippen LogP contribution in [0.3, 0.4) is 0 Å². The first-order chi connectivity index (χ1) is 13.0. The van der Waals surface area contributed by atoms with Gasteiger partial charge < -0.3 is 9.88 Å². The Bertz CT molecular complexity index is 962. The van der Waals surface area contributed by atoms with E-state index in [-0.39, 0.29) is 5.91 Å². The summed E-state index contributed by atoms with van der Waals surface area (Å²) in [5, 5.41) is 3.36. The third-order valence-corrected chi connectivity index (χ3v) is 4.49. The van der Waals surface area contributed by atoms with Crippen molar-refractivity contribution in [2.45, 2.75) is 20.8 Å². The summed E-state index contributed by atoms with van der Waals surface area (Å²) in [5.74, 6) is -0.238. The van der Waals surface area contributed by atoms with Crippen LogP contribution in [0.1, 0.15) is 27.3 Å². The Kier molecular flexibility index (Phi) is 5.57. The summed E-state index contributed by atoms with van der Waals surface area (Å²) in [6, 6.07) is 19.7. The minimum Gasteiger partial charge on any atom is -0.331 e. The number of carbonyl (C=O) groups is 1. The van der Waals surface area contributed by atoms with Crippen molar-refractivity contribution in [3.05, 3.63) is 83.2 Å². The number of anilines is 1. The normalized spacial score (nSPS) is 10.3. The first-order valence-corrected chi connectivity index (χ1v) is 9.05. The molecule has 6 heteroatoms. The first-order valence-electron chi connectivity index (χ1n) is 8.64. The molecule has 0 saturated heterocycles. The van der Waals surface area contributed by atoms with Crippen LogP contribution in [0.25, 0.3) is 5.69 Å². The van der Waals surface area contributed by atoms with E-state index in [0.29, 0.717) is 10.7 Å². The van der Waals surface area contributed by atoms with E-state index < -0.39 is 0 Å². The lowest BCUT2D eigenvalue weighted by Gasteiger charge is -2.12. The number of benzene rings is 2. The molecule has 1 aromatic heterocycles. The molecule has 0 radical (unpaired) electrons. The van der Waals surface area contributed by atoms with Gasteiger partial charge in [-0.3, -0.25) is 15.6 Å². The highest BCUT2D eigenvalue weighted by molar-refractivity contribution is 7.80. The molecule has 1 heterocycles. The Hall–Kier alpha value is -3.12. The molecule has 5 nitrogen and oxygen atoms in total. The molecule has 138 valence electrons. The quantitative estimate of drug-likeness (QED) is 0.476. The Balaban J connectivity index is 1.66. The summed E-state index contributed by atoms with van der Waals surface area (Å²) in [6.45, 7) is 5.93. The lowest BCUT2D eigenvalue weighted by Crippen LogP contribution is -2.43. The highest BCUT2D eigenvalue weighted by Crippen LogP contribution is 2.20. The highest BCUT2D eigenvalue weighted by atomic mass is 32.1. The van der Waals surface area contributed by atoms with Crippen molar-refractivity contribution in [3.8, 4) is 5.69 Å². The van der Waals surface area contributed by atoms with Crippen LogP contribution in [-0.4, -0.2) is 15.6 Å². The van der Waals surface area contributed by atoms with Gasteiger partial charge in [0.1, 0.15) is 0 Å². The topological polar surface area (TPSA) is 58.1 Å². The number of hydrogen-bond acceptors (Lipinski definition) is 2. The SMILES string of the molecule is Cc1ccc(NC(=S)NNC(=O)c2cc(C)n(-c3ccccc3)c2C)cc1. The van der Waals surface area contributed by atoms with Crippen molar-refractivity contribution < 1.29 is 4.79 Å². The van der Waals surface area contributed by atoms with Crippen molar-refractivity contribution in [3.63, 3.8) is 0 Å². The monoisotopic (exact) mass is 378 g/mol. The summed E-state index contributed by atoms with van der Waals surface area (Å²) in [7, 11) is 0. The molecule has 0 unspecified atom stereocenters. The van der Waals surface area contributed by atoms with Crippen LogP contribution in [0.5, 0.6) is 0 Å². The van der Waals surface area contributed by atoms with Crippen molar-refractivity contribution in [2.24, 2.45) is 0 Å². The maximum atomic E-state index is 12.6. The Morgan fingerprint density at radius 1 is 0.926 bits per heavy atom. The number of nitrogens with zero attached hydrogens (tertiary/aromatic N) is 1. The number of carbonyl (C=O) groups excluding carboxylic acids is 1. The van der Waals surface area contributed by atoms with Gasteiger partial charge in [0, 0.05) is 22.8 Å². The third kappa shape index (κ3) is 4.35. The lowest BCUT2D eigenvalue weighted by molar-refractivity contribution is 0.0943. The Labute approximate surface area is 164 Å². The summed E-state index contributed by atoms with van der Waals surface area (Å²) in [5.41, 5.74) is 10.9. The van der Waals surface area contributed by atoms with E-state index in [9.17, 15) is 4.79 Å². The van der Waals surface area contributed by atoms with Gasteiger partial charge in [-0.2, -0.15) is 0 Å². The Morgan fingerprint density at radius 2 is 1.59 bits per heavy atom. The largest absolute Gasteiger partial charge is 0.331 e. The third-order valence-electron chi connectivity index (χ3n) is 4.29. The fourth-order valence-electron chi connectivity index (χ4n) is 2.95. The predicted molar refractivity (Wildman–Crippen MR) is 113 cm³/mol. The Morgan fingerprint density at radius 3 is 2.26 bits per heavy atom. The van der Waals surface area contributed by atoms with Gasteiger partial charge in [0.2, 0.25) is 0 Å². The number of amides is 1. The molecule has 0 atom stereocenters. The first kappa shape index (κ1) is 18.7. The van der Waals surface area contributed by atoms with E-state index in [1.807, 2.05) is 81.4 Å². The van der Waals surface area contributed by atoms with Gasteiger partial charge in [0.15, 0.2) is 5.11 Å². The summed E-state index contributed by atoms with van der Waals surface area (Å²) in [4.78, 5) is 12.6. The van der Waals surface area contributed by atoms with E-state index in [1.165, 1.54) is 5.56 Å². The molecule has 3 rings (SSSR count). The molecule has 0 bridgehead atoms. The molecule has 3 N–H and O–H groups in total. The number of rotatable bonds is 3. The molecule has 0 aliphatic heterocycles. The summed E-state index contributed by atoms with van der Waals surface area (Å²) >= 11 is 5.24. The molecular weight excluding hydrogens is 356 g/mol. The zero-order valence-electron chi connectivity index (χ0n) is 15.5. The summed E-state index contributed by atoms with van der Waals surface area (Å²) in [6.07, 6.45) is 0. The van der Waals surface area contributed by atoms with E-state index in [4.69, 9.17) is 12.2 Å². The van der Waals surface area contributed by atoms with Gasteiger partial charge in [-0.15, -0.1) is 0 Å². The molecular formula is C21H22N4OS. The van der Waals surface area contributed by atoms with Crippen LogP contribution < -0.4 is 16.2 Å². The molecule has 0 aliphatic carbocycles. The molecule has 0 spiro atoms. The standard InChI is InChI=1S/C21H22N4OS/c1-14-9-11-17(12-10-14)22-21(27)24-23-20(26)19-13-15(2)25(16(19)3)18-7-5-4-6-8-18/h4-13H,1-3H3,(H,23,26)(H2,22,24,27). The number of thiocarbonyl (C=S) groups is 1. The maximum absolute atomic E-state index is 12.6.